The van der Waals surface area contributed by atoms with Crippen molar-refractivity contribution in [3.05, 3.63) is 70.7 Å². The Kier molecular flexibility index (Phi) is 4.85. The van der Waals surface area contributed by atoms with Crippen molar-refractivity contribution in [2.24, 2.45) is 5.41 Å². The van der Waals surface area contributed by atoms with Crippen LogP contribution in [0.3, 0.4) is 0 Å². The van der Waals surface area contributed by atoms with Crippen molar-refractivity contribution in [1.29, 1.82) is 0 Å². The van der Waals surface area contributed by atoms with Gasteiger partial charge in [-0.25, -0.2) is 0 Å². The third-order valence-electron chi connectivity index (χ3n) is 3.40. The zero-order valence-electron chi connectivity index (χ0n) is 12.4. The molecule has 1 nitrogen and oxygen atoms in total. The van der Waals surface area contributed by atoms with Gasteiger partial charge in [0.05, 0.1) is 0 Å². The minimum absolute atomic E-state index is 0.153. The van der Waals surface area contributed by atoms with Crippen LogP contribution < -0.4 is 5.32 Å². The van der Waals surface area contributed by atoms with Crippen molar-refractivity contribution in [2.75, 3.05) is 0 Å². The molecule has 1 atom stereocenters. The highest BCUT2D eigenvalue weighted by Gasteiger charge is 2.25. The molecule has 0 saturated heterocycles. The Morgan fingerprint density at radius 1 is 1.00 bits per heavy atom. The van der Waals surface area contributed by atoms with Gasteiger partial charge in [0.2, 0.25) is 0 Å². The molecule has 0 heterocycles. The Labute approximate surface area is 127 Å². The second-order valence-electron chi connectivity index (χ2n) is 6.22. The van der Waals surface area contributed by atoms with E-state index in [0.29, 0.717) is 6.04 Å². The summed E-state index contributed by atoms with van der Waals surface area (Å²) < 4.78 is 0. The first-order valence-electron chi connectivity index (χ1n) is 6.99. The maximum absolute atomic E-state index is 6.04. The third kappa shape index (κ3) is 4.09. The van der Waals surface area contributed by atoms with E-state index in [1.807, 2.05) is 18.2 Å². The topological polar surface area (TPSA) is 12.0 Å². The molecule has 1 unspecified atom stereocenters. The fourth-order valence-electron chi connectivity index (χ4n) is 2.44. The predicted octanol–water partition coefficient (Wildman–Crippen LogP) is 5.22. The van der Waals surface area contributed by atoms with Gasteiger partial charge in [-0.1, -0.05) is 74.8 Å². The highest BCUT2D eigenvalue weighted by molar-refractivity contribution is 6.30. The Morgan fingerprint density at radius 2 is 1.70 bits per heavy atom. The van der Waals surface area contributed by atoms with Crippen LogP contribution in [0.1, 0.15) is 37.9 Å². The molecule has 0 aliphatic carbocycles. The lowest BCUT2D eigenvalue weighted by Crippen LogP contribution is -2.32. The number of nitrogens with one attached hydrogen (secondary N) is 1. The molecule has 2 aromatic carbocycles. The van der Waals surface area contributed by atoms with Gasteiger partial charge in [-0.2, -0.15) is 0 Å². The van der Waals surface area contributed by atoms with Crippen LogP contribution in [0, 0.1) is 5.41 Å². The van der Waals surface area contributed by atoms with E-state index in [1.165, 1.54) is 11.1 Å². The zero-order chi connectivity index (χ0) is 14.6. The van der Waals surface area contributed by atoms with Crippen molar-refractivity contribution in [3.63, 3.8) is 0 Å². The Balaban J connectivity index is 2.14. The van der Waals surface area contributed by atoms with Crippen LogP contribution in [0.15, 0.2) is 54.6 Å². The normalized spacial score (nSPS) is 13.2. The molecule has 0 aliphatic rings. The third-order valence-corrected chi connectivity index (χ3v) is 3.63. The summed E-state index contributed by atoms with van der Waals surface area (Å²) in [6.45, 7) is 7.60. The van der Waals surface area contributed by atoms with Crippen LogP contribution in [0.4, 0.5) is 0 Å². The van der Waals surface area contributed by atoms with Crippen molar-refractivity contribution in [2.45, 2.75) is 33.4 Å². The van der Waals surface area contributed by atoms with Gasteiger partial charge in [0, 0.05) is 17.6 Å². The van der Waals surface area contributed by atoms with Crippen molar-refractivity contribution in [1.82, 2.24) is 5.32 Å². The zero-order valence-corrected chi connectivity index (χ0v) is 13.1. The number of halogens is 1. The van der Waals surface area contributed by atoms with Gasteiger partial charge in [0.25, 0.3) is 0 Å². The molecular weight excluding hydrogens is 266 g/mol. The smallest absolute Gasteiger partial charge is 0.0409 e. The van der Waals surface area contributed by atoms with Gasteiger partial charge < -0.3 is 5.32 Å². The average molecular weight is 288 g/mol. The second-order valence-corrected chi connectivity index (χ2v) is 6.66. The van der Waals surface area contributed by atoms with Crippen LogP contribution in [-0.2, 0) is 6.54 Å². The number of hydrogen-bond donors (Lipinski definition) is 1. The molecular formula is C18H22ClN. The van der Waals surface area contributed by atoms with Gasteiger partial charge in [0.15, 0.2) is 0 Å². The lowest BCUT2D eigenvalue weighted by atomic mass is 9.82. The summed E-state index contributed by atoms with van der Waals surface area (Å²) in [5.41, 5.74) is 2.68. The summed E-state index contributed by atoms with van der Waals surface area (Å²) in [5, 5.41) is 4.45. The molecule has 0 aromatic heterocycles. The number of hydrogen-bond acceptors (Lipinski definition) is 1. The van der Waals surface area contributed by atoms with Crippen LogP contribution in [0.2, 0.25) is 5.02 Å². The molecule has 1 N–H and O–H groups in total. The second kappa shape index (κ2) is 6.43. The van der Waals surface area contributed by atoms with Crippen molar-refractivity contribution < 1.29 is 0 Å². The van der Waals surface area contributed by atoms with Crippen LogP contribution >= 0.6 is 11.6 Å². The van der Waals surface area contributed by atoms with Gasteiger partial charge in [-0.05, 0) is 28.7 Å². The first kappa shape index (κ1) is 15.1. The largest absolute Gasteiger partial charge is 0.305 e. The fourth-order valence-corrected chi connectivity index (χ4v) is 2.65. The van der Waals surface area contributed by atoms with E-state index in [4.69, 9.17) is 11.6 Å². The molecule has 0 bridgehead atoms. The van der Waals surface area contributed by atoms with E-state index in [9.17, 15) is 0 Å². The molecule has 2 rings (SSSR count). The summed E-state index contributed by atoms with van der Waals surface area (Å²) in [7, 11) is 0. The number of rotatable bonds is 4. The fraction of sp³-hybridized carbons (Fsp3) is 0.333. The average Bonchev–Trinajstić information content (AvgIpc) is 2.39. The van der Waals surface area contributed by atoms with Crippen LogP contribution in [0.5, 0.6) is 0 Å². The monoisotopic (exact) mass is 287 g/mol. The Bertz CT molecular complexity index is 543. The lowest BCUT2D eigenvalue weighted by Gasteiger charge is -2.32. The van der Waals surface area contributed by atoms with Gasteiger partial charge in [0.1, 0.15) is 0 Å². The molecule has 0 spiro atoms. The summed E-state index contributed by atoms with van der Waals surface area (Å²) in [5.74, 6) is 0. The number of benzene rings is 2. The molecule has 20 heavy (non-hydrogen) atoms. The van der Waals surface area contributed by atoms with Gasteiger partial charge >= 0.3 is 0 Å². The highest BCUT2D eigenvalue weighted by Crippen LogP contribution is 2.32. The standard InChI is InChI=1S/C18H22ClN/c1-18(2,3)17(15-9-5-4-6-10-15)20-13-14-8-7-11-16(19)12-14/h4-12,17,20H,13H2,1-3H3. The summed E-state index contributed by atoms with van der Waals surface area (Å²) in [6.07, 6.45) is 0. The lowest BCUT2D eigenvalue weighted by molar-refractivity contribution is 0.271. The molecule has 106 valence electrons. The van der Waals surface area contributed by atoms with E-state index >= 15 is 0 Å². The maximum atomic E-state index is 6.04. The van der Waals surface area contributed by atoms with Crippen LogP contribution in [0.25, 0.3) is 0 Å². The SMILES string of the molecule is CC(C)(C)C(NCc1cccc(Cl)c1)c1ccccc1. The van der Waals surface area contributed by atoms with Gasteiger partial charge in [-0.15, -0.1) is 0 Å². The van der Waals surface area contributed by atoms with E-state index in [2.05, 4.69) is 62.5 Å². The van der Waals surface area contributed by atoms with E-state index in [-0.39, 0.29) is 5.41 Å². The quantitative estimate of drug-likeness (QED) is 0.813. The highest BCUT2D eigenvalue weighted by atomic mass is 35.5. The summed E-state index contributed by atoms with van der Waals surface area (Å²) in [4.78, 5) is 0. The molecule has 0 fully saturated rings. The molecule has 2 aromatic rings. The molecule has 2 heteroatoms. The maximum Gasteiger partial charge on any atom is 0.0409 e. The minimum Gasteiger partial charge on any atom is -0.305 e. The Hall–Kier alpha value is -1.31. The van der Waals surface area contributed by atoms with Crippen molar-refractivity contribution in [3.8, 4) is 0 Å². The molecule has 0 amide bonds. The van der Waals surface area contributed by atoms with Gasteiger partial charge in [-0.3, -0.25) is 0 Å². The summed E-state index contributed by atoms with van der Waals surface area (Å²) >= 11 is 6.04. The Morgan fingerprint density at radius 3 is 2.30 bits per heavy atom. The molecule has 0 radical (unpaired) electrons. The molecule has 0 saturated carbocycles. The van der Waals surface area contributed by atoms with Crippen LogP contribution in [-0.4, -0.2) is 0 Å². The summed E-state index contributed by atoms with van der Waals surface area (Å²) in [6, 6.07) is 18.9. The van der Waals surface area contributed by atoms with E-state index < -0.39 is 0 Å². The molecule has 0 aliphatic heterocycles. The minimum atomic E-state index is 0.153. The van der Waals surface area contributed by atoms with Crippen molar-refractivity contribution >= 4 is 11.6 Å². The van der Waals surface area contributed by atoms with E-state index in [1.54, 1.807) is 0 Å². The first-order chi connectivity index (χ1) is 9.47. The first-order valence-corrected chi connectivity index (χ1v) is 7.37. The predicted molar refractivity (Wildman–Crippen MR) is 86.9 cm³/mol. The van der Waals surface area contributed by atoms with E-state index in [0.717, 1.165) is 11.6 Å².